The average Bonchev–Trinajstić information content (AvgIpc) is 2.68. The fourth-order valence-electron chi connectivity index (χ4n) is 4.07. The van der Waals surface area contributed by atoms with Crippen LogP contribution >= 0.6 is 0 Å². The van der Waals surface area contributed by atoms with Crippen LogP contribution in [0.2, 0.25) is 0 Å². The van der Waals surface area contributed by atoms with Crippen LogP contribution in [0.3, 0.4) is 0 Å². The third-order valence-corrected chi connectivity index (χ3v) is 5.75. The summed E-state index contributed by atoms with van der Waals surface area (Å²) in [4.78, 5) is 0. The topological polar surface area (TPSA) is 23.8 Å². The molecule has 0 amide bonds. The Morgan fingerprint density at radius 1 is 0.963 bits per heavy atom. The summed E-state index contributed by atoms with van der Waals surface area (Å²) in [5.41, 5.74) is 1.93. The van der Waals surface area contributed by atoms with E-state index in [4.69, 9.17) is 5.26 Å². The van der Waals surface area contributed by atoms with Crippen LogP contribution in [0.5, 0.6) is 0 Å². The Kier molecular flexibility index (Phi) is 6.40. The molecule has 0 heterocycles. The number of aryl methyl sites for hydroxylation is 1. The quantitative estimate of drug-likeness (QED) is 0.515. The van der Waals surface area contributed by atoms with Gasteiger partial charge in [0.05, 0.1) is 0 Å². The van der Waals surface area contributed by atoms with Crippen molar-refractivity contribution in [3.63, 3.8) is 0 Å². The maximum absolute atomic E-state index is 13.8. The van der Waals surface area contributed by atoms with Gasteiger partial charge in [0, 0.05) is 0 Å². The second kappa shape index (κ2) is 8.95. The third kappa shape index (κ3) is 4.83. The van der Waals surface area contributed by atoms with Crippen molar-refractivity contribution in [3.05, 3.63) is 71.8 Å². The zero-order valence-electron chi connectivity index (χ0n) is 15.6. The van der Waals surface area contributed by atoms with Crippen molar-refractivity contribution in [2.45, 2.75) is 44.9 Å². The first-order valence-electron chi connectivity index (χ1n) is 9.70. The van der Waals surface area contributed by atoms with Crippen molar-refractivity contribution < 1.29 is 8.78 Å². The first-order chi connectivity index (χ1) is 13.1. The normalized spacial score (nSPS) is 19.4. The van der Waals surface area contributed by atoms with Crippen molar-refractivity contribution in [2.75, 3.05) is 0 Å². The SMILES string of the molecule is C=CC[C@H]1CC[C@H](CCc2ccc(-c3cc(F)c(C#N)c(F)c3)cc2)CC1. The van der Waals surface area contributed by atoms with E-state index in [1.807, 2.05) is 30.3 Å². The van der Waals surface area contributed by atoms with Crippen LogP contribution in [0.25, 0.3) is 11.1 Å². The maximum Gasteiger partial charge on any atom is 0.144 e. The van der Waals surface area contributed by atoms with Crippen LogP contribution in [0.15, 0.2) is 49.1 Å². The van der Waals surface area contributed by atoms with Crippen molar-refractivity contribution in [3.8, 4) is 17.2 Å². The predicted molar refractivity (Wildman–Crippen MR) is 105 cm³/mol. The minimum atomic E-state index is -0.816. The number of rotatable bonds is 6. The molecule has 0 spiro atoms. The molecule has 0 N–H and O–H groups in total. The van der Waals surface area contributed by atoms with Gasteiger partial charge in [0.1, 0.15) is 23.3 Å². The van der Waals surface area contributed by atoms with E-state index in [9.17, 15) is 8.78 Å². The summed E-state index contributed by atoms with van der Waals surface area (Å²) < 4.78 is 27.6. The van der Waals surface area contributed by atoms with Gasteiger partial charge in [-0.2, -0.15) is 5.26 Å². The zero-order chi connectivity index (χ0) is 19.2. The zero-order valence-corrected chi connectivity index (χ0v) is 15.6. The van der Waals surface area contributed by atoms with E-state index >= 15 is 0 Å². The summed E-state index contributed by atoms with van der Waals surface area (Å²) >= 11 is 0. The number of nitrogens with zero attached hydrogens (tertiary/aromatic N) is 1. The standard InChI is InChI=1S/C24H25F2N/c1-2-3-17-4-6-18(7-5-17)8-9-19-10-12-20(13-11-19)21-14-23(25)22(16-27)24(26)15-21/h2,10-15,17-18H,1,3-9H2/t17-,18-. The molecule has 3 heteroatoms. The van der Waals surface area contributed by atoms with Crippen molar-refractivity contribution >= 4 is 0 Å². The molecule has 0 aromatic heterocycles. The van der Waals surface area contributed by atoms with E-state index in [1.54, 1.807) is 6.07 Å². The van der Waals surface area contributed by atoms with Crippen LogP contribution in [0.1, 0.15) is 49.7 Å². The molecule has 1 saturated carbocycles. The first kappa shape index (κ1) is 19.3. The van der Waals surface area contributed by atoms with Gasteiger partial charge < -0.3 is 0 Å². The Balaban J connectivity index is 1.58. The van der Waals surface area contributed by atoms with Gasteiger partial charge in [-0.3, -0.25) is 0 Å². The van der Waals surface area contributed by atoms with E-state index in [2.05, 4.69) is 6.58 Å². The number of hydrogen-bond donors (Lipinski definition) is 0. The number of hydrogen-bond acceptors (Lipinski definition) is 1. The highest BCUT2D eigenvalue weighted by molar-refractivity contribution is 5.65. The highest BCUT2D eigenvalue weighted by Crippen LogP contribution is 2.33. The summed E-state index contributed by atoms with van der Waals surface area (Å²) in [6.45, 7) is 3.84. The van der Waals surface area contributed by atoms with E-state index in [1.165, 1.54) is 49.8 Å². The number of allylic oxidation sites excluding steroid dienone is 1. The molecule has 140 valence electrons. The van der Waals surface area contributed by atoms with Gasteiger partial charge >= 0.3 is 0 Å². The fraction of sp³-hybridized carbons (Fsp3) is 0.375. The van der Waals surface area contributed by atoms with Gasteiger partial charge in [0.15, 0.2) is 0 Å². The average molecular weight is 365 g/mol. The molecule has 0 unspecified atom stereocenters. The Hall–Kier alpha value is -2.47. The summed E-state index contributed by atoms with van der Waals surface area (Å²) in [6, 6.07) is 11.9. The second-order valence-electron chi connectivity index (χ2n) is 7.57. The lowest BCUT2D eigenvalue weighted by Crippen LogP contribution is -2.14. The second-order valence-corrected chi connectivity index (χ2v) is 7.57. The van der Waals surface area contributed by atoms with Gasteiger partial charge in [-0.25, -0.2) is 8.78 Å². The third-order valence-electron chi connectivity index (χ3n) is 5.75. The minimum Gasteiger partial charge on any atom is -0.205 e. The Labute approximate surface area is 160 Å². The summed E-state index contributed by atoms with van der Waals surface area (Å²) in [7, 11) is 0. The Morgan fingerprint density at radius 2 is 1.56 bits per heavy atom. The van der Waals surface area contributed by atoms with Crippen molar-refractivity contribution in [1.29, 1.82) is 5.26 Å². The lowest BCUT2D eigenvalue weighted by atomic mass is 9.78. The van der Waals surface area contributed by atoms with Gasteiger partial charge in [-0.05, 0) is 72.8 Å². The van der Waals surface area contributed by atoms with Crippen LogP contribution < -0.4 is 0 Å². The molecule has 0 bridgehead atoms. The van der Waals surface area contributed by atoms with Crippen molar-refractivity contribution in [1.82, 2.24) is 0 Å². The molecule has 1 aliphatic rings. The molecule has 0 saturated heterocycles. The molecule has 0 aliphatic heterocycles. The Morgan fingerprint density at radius 3 is 2.11 bits per heavy atom. The van der Waals surface area contributed by atoms with E-state index in [-0.39, 0.29) is 0 Å². The van der Waals surface area contributed by atoms with Crippen LogP contribution in [-0.4, -0.2) is 0 Å². The van der Waals surface area contributed by atoms with Gasteiger partial charge in [0.2, 0.25) is 0 Å². The Bertz CT molecular complexity index is 801. The van der Waals surface area contributed by atoms with Gasteiger partial charge in [-0.1, -0.05) is 43.2 Å². The molecular weight excluding hydrogens is 340 g/mol. The summed E-state index contributed by atoms with van der Waals surface area (Å²) in [6.07, 6.45) is 10.6. The van der Waals surface area contributed by atoms with Crippen LogP contribution in [0.4, 0.5) is 8.78 Å². The summed E-state index contributed by atoms with van der Waals surface area (Å²) in [5.74, 6) is -0.00836. The summed E-state index contributed by atoms with van der Waals surface area (Å²) in [5, 5.41) is 8.77. The lowest BCUT2D eigenvalue weighted by molar-refractivity contribution is 0.265. The number of nitriles is 1. The van der Waals surface area contributed by atoms with Crippen LogP contribution in [0, 0.1) is 34.8 Å². The monoisotopic (exact) mass is 365 g/mol. The van der Waals surface area contributed by atoms with Gasteiger partial charge in [-0.15, -0.1) is 6.58 Å². The largest absolute Gasteiger partial charge is 0.205 e. The maximum atomic E-state index is 13.8. The molecule has 3 rings (SSSR count). The highest BCUT2D eigenvalue weighted by Gasteiger charge is 2.20. The molecule has 1 aliphatic carbocycles. The van der Waals surface area contributed by atoms with Crippen LogP contribution in [-0.2, 0) is 6.42 Å². The predicted octanol–water partition coefficient (Wildman–Crippen LogP) is 6.82. The molecule has 1 nitrogen and oxygen atoms in total. The smallest absolute Gasteiger partial charge is 0.144 e. The van der Waals surface area contributed by atoms with Crippen molar-refractivity contribution in [2.24, 2.45) is 11.8 Å². The van der Waals surface area contributed by atoms with Gasteiger partial charge in [0.25, 0.3) is 0 Å². The molecule has 2 aromatic carbocycles. The lowest BCUT2D eigenvalue weighted by Gasteiger charge is -2.27. The minimum absolute atomic E-state index is 0.455. The molecule has 0 radical (unpaired) electrons. The first-order valence-corrected chi connectivity index (χ1v) is 9.70. The number of halogens is 2. The molecule has 27 heavy (non-hydrogen) atoms. The highest BCUT2D eigenvalue weighted by atomic mass is 19.1. The van der Waals surface area contributed by atoms with E-state index < -0.39 is 17.2 Å². The molecule has 0 atom stereocenters. The molecule has 2 aromatic rings. The number of benzene rings is 2. The van der Waals surface area contributed by atoms with E-state index in [0.717, 1.165) is 30.2 Å². The fourth-order valence-corrected chi connectivity index (χ4v) is 4.07. The van der Waals surface area contributed by atoms with E-state index in [0.29, 0.717) is 5.56 Å². The molecular formula is C24H25F2N. The molecule has 1 fully saturated rings.